The molecule has 1 fully saturated rings. The minimum atomic E-state index is -0.909. The molecule has 2 N–H and O–H groups in total. The molecule has 1 unspecified atom stereocenters. The molecule has 1 spiro atoms. The molecule has 3 heterocycles. The quantitative estimate of drug-likeness (QED) is 0.795. The normalized spacial score (nSPS) is 20.8. The van der Waals surface area contributed by atoms with Gasteiger partial charge in [0.05, 0.1) is 12.1 Å². The maximum Gasteiger partial charge on any atom is 0.274 e. The minimum Gasteiger partial charge on any atom is -0.503 e. The zero-order chi connectivity index (χ0) is 20.8. The topological polar surface area (TPSA) is 101 Å². The number of hydrogen-bond donors (Lipinski definition) is 2. The summed E-state index contributed by atoms with van der Waals surface area (Å²) in [6.45, 7) is 1.23. The second-order valence-corrected chi connectivity index (χ2v) is 7.40. The highest BCUT2D eigenvalue weighted by Gasteiger charge is 2.47. The maximum atomic E-state index is 13.0. The fourth-order valence-electron chi connectivity index (χ4n) is 3.82. The molecule has 9 heteroatoms. The molecule has 0 aliphatic carbocycles. The molecule has 152 valence electrons. The number of hydrogen-bond acceptors (Lipinski definition) is 5. The van der Waals surface area contributed by atoms with Crippen LogP contribution in [0.1, 0.15) is 32.8 Å². The van der Waals surface area contributed by atoms with Gasteiger partial charge in [-0.15, -0.1) is 0 Å². The lowest BCUT2D eigenvalue weighted by molar-refractivity contribution is 0.0344. The number of rotatable bonds is 3. The van der Waals surface area contributed by atoms with E-state index in [0.717, 1.165) is 0 Å². The molecule has 2 aromatic rings. The van der Waals surface area contributed by atoms with Gasteiger partial charge in [-0.05, 0) is 24.1 Å². The monoisotopic (exact) mass is 401 g/mol. The number of aromatic hydroxyl groups is 1. The molecule has 1 aromatic carbocycles. The number of aromatic nitrogens is 1. The summed E-state index contributed by atoms with van der Waals surface area (Å²) < 4.78 is 19.9. The second kappa shape index (κ2) is 7.00. The maximum absolute atomic E-state index is 13.0. The van der Waals surface area contributed by atoms with Crippen molar-refractivity contribution in [1.82, 2.24) is 14.8 Å². The van der Waals surface area contributed by atoms with Crippen LogP contribution in [0.15, 0.2) is 35.3 Å². The summed E-state index contributed by atoms with van der Waals surface area (Å²) in [4.78, 5) is 39.4. The van der Waals surface area contributed by atoms with Crippen LogP contribution < -0.4 is 10.7 Å². The van der Waals surface area contributed by atoms with Gasteiger partial charge in [-0.2, -0.15) is 0 Å². The van der Waals surface area contributed by atoms with Crippen LogP contribution in [0.5, 0.6) is 5.75 Å². The smallest absolute Gasteiger partial charge is 0.274 e. The number of likely N-dealkylation sites (N-methyl/N-ethyl adjacent to an activating group) is 1. The summed E-state index contributed by atoms with van der Waals surface area (Å²) in [5.74, 6) is -2.31. The van der Waals surface area contributed by atoms with Gasteiger partial charge in [0.1, 0.15) is 11.4 Å². The Morgan fingerprint density at radius 3 is 2.69 bits per heavy atom. The Bertz CT molecular complexity index is 1040. The second-order valence-electron chi connectivity index (χ2n) is 7.40. The Morgan fingerprint density at radius 2 is 2.03 bits per heavy atom. The van der Waals surface area contributed by atoms with Crippen LogP contribution in [-0.2, 0) is 17.8 Å². The largest absolute Gasteiger partial charge is 0.503 e. The van der Waals surface area contributed by atoms with Crippen molar-refractivity contribution in [2.75, 3.05) is 20.3 Å². The van der Waals surface area contributed by atoms with Crippen LogP contribution in [0.4, 0.5) is 4.39 Å². The van der Waals surface area contributed by atoms with Crippen LogP contribution >= 0.6 is 0 Å². The molecule has 8 nitrogen and oxygen atoms in total. The van der Waals surface area contributed by atoms with Crippen LogP contribution in [0.2, 0.25) is 0 Å². The first kappa shape index (κ1) is 19.1. The van der Waals surface area contributed by atoms with E-state index in [9.17, 15) is 23.9 Å². The number of benzene rings is 1. The first-order chi connectivity index (χ1) is 13.8. The van der Waals surface area contributed by atoms with Crippen molar-refractivity contribution in [1.29, 1.82) is 0 Å². The Balaban J connectivity index is 1.65. The molecule has 0 radical (unpaired) electrons. The summed E-state index contributed by atoms with van der Waals surface area (Å²) in [5, 5.41) is 13.0. The lowest BCUT2D eigenvalue weighted by Gasteiger charge is -2.42. The molecule has 1 saturated heterocycles. The van der Waals surface area contributed by atoms with Crippen molar-refractivity contribution in [2.24, 2.45) is 0 Å². The number of fused-ring (bicyclic) bond motifs is 1. The third-order valence-corrected chi connectivity index (χ3v) is 5.63. The van der Waals surface area contributed by atoms with E-state index in [1.54, 1.807) is 7.05 Å². The van der Waals surface area contributed by atoms with E-state index in [2.05, 4.69) is 5.32 Å². The average molecular weight is 401 g/mol. The Labute approximate surface area is 165 Å². The summed E-state index contributed by atoms with van der Waals surface area (Å²) in [6.07, 6.45) is 1.93. The van der Waals surface area contributed by atoms with Crippen molar-refractivity contribution < 1.29 is 23.8 Å². The Hall–Kier alpha value is -3.20. The lowest BCUT2D eigenvalue weighted by atomic mass is 9.92. The highest BCUT2D eigenvalue weighted by molar-refractivity contribution is 5.99. The summed E-state index contributed by atoms with van der Waals surface area (Å²) in [6, 6.07) is 5.58. The van der Waals surface area contributed by atoms with Gasteiger partial charge in [0, 0.05) is 32.9 Å². The number of halogens is 1. The van der Waals surface area contributed by atoms with Crippen LogP contribution in [0.25, 0.3) is 0 Å². The first-order valence-corrected chi connectivity index (χ1v) is 9.17. The Kier molecular flexibility index (Phi) is 4.62. The molecule has 0 saturated carbocycles. The molecule has 2 aliphatic heterocycles. The van der Waals surface area contributed by atoms with E-state index in [-0.39, 0.29) is 17.8 Å². The standard InChI is InChI=1S/C20H20FN3O5/c1-23-19(28)15-17(26)16(25)14(9-24(15)10-20(23)6-7-29-11-20)18(27)22-8-12-2-4-13(21)5-3-12/h2-5,9,26H,6-8,10-11H2,1H3,(H,22,27). The number of carbonyl (C=O) groups excluding carboxylic acids is 2. The summed E-state index contributed by atoms with van der Waals surface area (Å²) in [7, 11) is 1.62. The van der Waals surface area contributed by atoms with Crippen molar-refractivity contribution in [3.8, 4) is 5.75 Å². The van der Waals surface area contributed by atoms with Gasteiger partial charge in [0.25, 0.3) is 11.8 Å². The van der Waals surface area contributed by atoms with E-state index >= 15 is 0 Å². The molecule has 0 bridgehead atoms. The number of nitrogens with zero attached hydrogens (tertiary/aromatic N) is 2. The highest BCUT2D eigenvalue weighted by atomic mass is 19.1. The van der Waals surface area contributed by atoms with Gasteiger partial charge in [-0.1, -0.05) is 12.1 Å². The average Bonchev–Trinajstić information content (AvgIpc) is 3.17. The van der Waals surface area contributed by atoms with Crippen LogP contribution in [0.3, 0.4) is 0 Å². The fourth-order valence-corrected chi connectivity index (χ4v) is 3.82. The van der Waals surface area contributed by atoms with E-state index in [4.69, 9.17) is 4.74 Å². The zero-order valence-electron chi connectivity index (χ0n) is 15.8. The Morgan fingerprint density at radius 1 is 1.31 bits per heavy atom. The molecular weight excluding hydrogens is 381 g/mol. The third-order valence-electron chi connectivity index (χ3n) is 5.63. The minimum absolute atomic E-state index is 0.0838. The van der Waals surface area contributed by atoms with Crippen LogP contribution in [-0.4, -0.2) is 52.2 Å². The predicted molar refractivity (Wildman–Crippen MR) is 100 cm³/mol. The van der Waals surface area contributed by atoms with Crippen molar-refractivity contribution >= 4 is 11.8 Å². The van der Waals surface area contributed by atoms with E-state index in [0.29, 0.717) is 31.7 Å². The fraction of sp³-hybridized carbons (Fsp3) is 0.350. The van der Waals surface area contributed by atoms with Crippen molar-refractivity contribution in [3.05, 3.63) is 63.3 Å². The summed E-state index contributed by atoms with van der Waals surface area (Å²) in [5.41, 5.74) is -1.23. The highest BCUT2D eigenvalue weighted by Crippen LogP contribution is 2.34. The number of amides is 2. The number of ether oxygens (including phenoxy) is 1. The number of carbonyl (C=O) groups is 2. The molecule has 2 aliphatic rings. The molecule has 29 heavy (non-hydrogen) atoms. The number of pyridine rings is 1. The molecule has 1 atom stereocenters. The van der Waals surface area contributed by atoms with Gasteiger partial charge in [0.2, 0.25) is 5.43 Å². The third kappa shape index (κ3) is 3.17. The van der Waals surface area contributed by atoms with E-state index in [1.807, 2.05) is 0 Å². The van der Waals surface area contributed by atoms with E-state index < -0.39 is 34.3 Å². The van der Waals surface area contributed by atoms with Crippen molar-refractivity contribution in [3.63, 3.8) is 0 Å². The van der Waals surface area contributed by atoms with Gasteiger partial charge < -0.3 is 24.6 Å². The predicted octanol–water partition coefficient (Wildman–Crippen LogP) is 0.868. The van der Waals surface area contributed by atoms with Gasteiger partial charge in [0.15, 0.2) is 11.4 Å². The SMILES string of the molecule is CN1C(=O)c2c(O)c(=O)c(C(=O)NCc3ccc(F)cc3)cn2CC12CCOC2. The zero-order valence-corrected chi connectivity index (χ0v) is 15.8. The van der Waals surface area contributed by atoms with Gasteiger partial charge in [-0.3, -0.25) is 14.4 Å². The molecule has 4 rings (SSSR count). The van der Waals surface area contributed by atoms with Crippen LogP contribution in [0, 0.1) is 5.82 Å². The first-order valence-electron chi connectivity index (χ1n) is 9.17. The van der Waals surface area contributed by atoms with Crippen molar-refractivity contribution in [2.45, 2.75) is 25.0 Å². The van der Waals surface area contributed by atoms with Gasteiger partial charge in [-0.25, -0.2) is 4.39 Å². The number of nitrogens with one attached hydrogen (secondary N) is 1. The van der Waals surface area contributed by atoms with Gasteiger partial charge >= 0.3 is 0 Å². The lowest BCUT2D eigenvalue weighted by Crippen LogP contribution is -2.57. The molecule has 2 amide bonds. The molecule has 1 aromatic heterocycles. The summed E-state index contributed by atoms with van der Waals surface area (Å²) >= 11 is 0. The van der Waals surface area contributed by atoms with E-state index in [1.165, 1.54) is 39.9 Å². The molecular formula is C20H20FN3O5.